The number of benzene rings is 1. The maximum Gasteiger partial charge on any atom is 0.303 e. The number of hydrogen-bond donors (Lipinski definition) is 1. The van der Waals surface area contributed by atoms with Crippen LogP contribution in [0.3, 0.4) is 0 Å². The Morgan fingerprint density at radius 2 is 2.24 bits per heavy atom. The van der Waals surface area contributed by atoms with Crippen LogP contribution in [0.4, 0.5) is 4.39 Å². The molecule has 0 spiro atoms. The molecule has 0 aliphatic heterocycles. The van der Waals surface area contributed by atoms with Crippen LogP contribution in [-0.4, -0.2) is 11.1 Å². The highest BCUT2D eigenvalue weighted by atomic mass is 79.9. The second kappa shape index (κ2) is 4.77. The summed E-state index contributed by atoms with van der Waals surface area (Å²) < 4.78 is 14.1. The van der Waals surface area contributed by atoms with E-state index >= 15 is 0 Å². The van der Waals surface area contributed by atoms with Crippen molar-refractivity contribution in [1.29, 1.82) is 0 Å². The monoisotopic (exact) mass is 300 g/mol. The number of rotatable bonds is 4. The summed E-state index contributed by atoms with van der Waals surface area (Å²) in [4.78, 5) is 10.9. The van der Waals surface area contributed by atoms with Crippen LogP contribution in [0, 0.1) is 18.7 Å². The molecule has 1 atom stereocenters. The average Bonchev–Trinajstić information content (AvgIpc) is 3.03. The van der Waals surface area contributed by atoms with E-state index in [-0.39, 0.29) is 18.2 Å². The van der Waals surface area contributed by atoms with Gasteiger partial charge in [-0.05, 0) is 54.9 Å². The van der Waals surface area contributed by atoms with Crippen molar-refractivity contribution in [2.75, 3.05) is 0 Å². The van der Waals surface area contributed by atoms with E-state index in [4.69, 9.17) is 5.11 Å². The van der Waals surface area contributed by atoms with Gasteiger partial charge >= 0.3 is 5.97 Å². The van der Waals surface area contributed by atoms with Crippen LogP contribution in [0.25, 0.3) is 0 Å². The highest BCUT2D eigenvalue weighted by molar-refractivity contribution is 9.10. The van der Waals surface area contributed by atoms with Gasteiger partial charge in [-0.15, -0.1) is 0 Å². The van der Waals surface area contributed by atoms with Gasteiger partial charge in [0.1, 0.15) is 5.82 Å². The van der Waals surface area contributed by atoms with Crippen molar-refractivity contribution in [3.05, 3.63) is 33.5 Å². The Bertz CT molecular complexity index is 455. The number of halogens is 2. The number of carbonyl (C=O) groups is 1. The molecule has 0 aromatic heterocycles. The van der Waals surface area contributed by atoms with Crippen LogP contribution in [-0.2, 0) is 4.79 Å². The van der Waals surface area contributed by atoms with E-state index < -0.39 is 5.97 Å². The smallest absolute Gasteiger partial charge is 0.303 e. The van der Waals surface area contributed by atoms with Gasteiger partial charge < -0.3 is 5.11 Å². The van der Waals surface area contributed by atoms with Crippen molar-refractivity contribution >= 4 is 21.9 Å². The maximum atomic E-state index is 13.4. The van der Waals surface area contributed by atoms with Gasteiger partial charge in [-0.1, -0.05) is 15.9 Å². The first-order chi connectivity index (χ1) is 7.99. The lowest BCUT2D eigenvalue weighted by molar-refractivity contribution is -0.137. The molecule has 92 valence electrons. The number of carboxylic acid groups (broad SMARTS) is 1. The van der Waals surface area contributed by atoms with Gasteiger partial charge in [0.25, 0.3) is 0 Å². The minimum Gasteiger partial charge on any atom is -0.481 e. The molecule has 1 aromatic carbocycles. The molecular formula is C13H14BrFO2. The van der Waals surface area contributed by atoms with Gasteiger partial charge in [0.15, 0.2) is 0 Å². The molecule has 2 nitrogen and oxygen atoms in total. The molecule has 0 radical (unpaired) electrons. The first-order valence-corrected chi connectivity index (χ1v) is 6.45. The normalized spacial score (nSPS) is 16.9. The summed E-state index contributed by atoms with van der Waals surface area (Å²) in [7, 11) is 0. The van der Waals surface area contributed by atoms with Gasteiger partial charge in [-0.25, -0.2) is 4.39 Å². The molecular weight excluding hydrogens is 287 g/mol. The highest BCUT2D eigenvalue weighted by Crippen LogP contribution is 2.46. The fourth-order valence-electron chi connectivity index (χ4n) is 2.27. The predicted octanol–water partition coefficient (Wildman–Crippen LogP) is 3.86. The minimum absolute atomic E-state index is 0.0560. The zero-order valence-corrected chi connectivity index (χ0v) is 11.1. The Morgan fingerprint density at radius 1 is 1.59 bits per heavy atom. The second-order valence-electron chi connectivity index (χ2n) is 4.64. The molecule has 0 heterocycles. The Hall–Kier alpha value is -0.900. The lowest BCUT2D eigenvalue weighted by atomic mass is 9.88. The van der Waals surface area contributed by atoms with Gasteiger partial charge in [0, 0.05) is 4.47 Å². The molecule has 1 aliphatic rings. The first kappa shape index (κ1) is 12.6. The summed E-state index contributed by atoms with van der Waals surface area (Å²) in [6, 6.07) is 2.90. The van der Waals surface area contributed by atoms with Crippen molar-refractivity contribution in [3.63, 3.8) is 0 Å². The van der Waals surface area contributed by atoms with Gasteiger partial charge in [-0.3, -0.25) is 4.79 Å². The molecule has 1 fully saturated rings. The third kappa shape index (κ3) is 2.86. The quantitative estimate of drug-likeness (QED) is 0.916. The van der Waals surface area contributed by atoms with Crippen molar-refractivity contribution < 1.29 is 14.3 Å². The lowest BCUT2D eigenvalue weighted by Gasteiger charge is -2.18. The van der Waals surface area contributed by atoms with Crippen LogP contribution in [0.15, 0.2) is 16.6 Å². The van der Waals surface area contributed by atoms with Gasteiger partial charge in [0.05, 0.1) is 6.42 Å². The summed E-state index contributed by atoms with van der Waals surface area (Å²) in [6.07, 6.45) is 2.18. The Morgan fingerprint density at radius 3 is 2.76 bits per heavy atom. The van der Waals surface area contributed by atoms with E-state index in [2.05, 4.69) is 15.9 Å². The number of aliphatic carboxylic acids is 1. The first-order valence-electron chi connectivity index (χ1n) is 5.66. The van der Waals surface area contributed by atoms with Gasteiger partial charge in [-0.2, -0.15) is 0 Å². The summed E-state index contributed by atoms with van der Waals surface area (Å²) >= 11 is 3.31. The molecule has 0 saturated heterocycles. The standard InChI is InChI=1S/C13H14BrFO2/c1-7-10(4-9(15)5-12(7)14)11(6-13(16)17)8-2-3-8/h4-5,8,11H,2-3,6H2,1H3,(H,16,17). The lowest BCUT2D eigenvalue weighted by Crippen LogP contribution is -2.10. The largest absolute Gasteiger partial charge is 0.481 e. The zero-order chi connectivity index (χ0) is 12.6. The molecule has 2 rings (SSSR count). The number of carboxylic acids is 1. The maximum absolute atomic E-state index is 13.4. The third-order valence-electron chi connectivity index (χ3n) is 3.33. The summed E-state index contributed by atoms with van der Waals surface area (Å²) in [5.74, 6) is -0.784. The van der Waals surface area contributed by atoms with Crippen LogP contribution in [0.1, 0.15) is 36.3 Å². The molecule has 1 aliphatic carbocycles. The van der Waals surface area contributed by atoms with E-state index in [1.807, 2.05) is 6.92 Å². The highest BCUT2D eigenvalue weighted by Gasteiger charge is 2.35. The fourth-order valence-corrected chi connectivity index (χ4v) is 2.72. The Kier molecular flexibility index (Phi) is 3.52. The van der Waals surface area contributed by atoms with Crippen molar-refractivity contribution in [1.82, 2.24) is 0 Å². The average molecular weight is 301 g/mol. The Labute approximate surface area is 108 Å². The van der Waals surface area contributed by atoms with E-state index in [1.165, 1.54) is 12.1 Å². The molecule has 1 saturated carbocycles. The minimum atomic E-state index is -0.818. The van der Waals surface area contributed by atoms with E-state index in [1.54, 1.807) is 0 Å². The molecule has 1 unspecified atom stereocenters. The summed E-state index contributed by atoms with van der Waals surface area (Å²) in [5, 5.41) is 8.95. The topological polar surface area (TPSA) is 37.3 Å². The SMILES string of the molecule is Cc1c(Br)cc(F)cc1C(CC(=O)O)C1CC1. The van der Waals surface area contributed by atoms with Crippen molar-refractivity contribution in [2.45, 2.75) is 32.1 Å². The van der Waals surface area contributed by atoms with Crippen LogP contribution in [0.5, 0.6) is 0 Å². The van der Waals surface area contributed by atoms with Crippen molar-refractivity contribution in [3.8, 4) is 0 Å². The van der Waals surface area contributed by atoms with Crippen LogP contribution < -0.4 is 0 Å². The van der Waals surface area contributed by atoms with E-state index in [0.29, 0.717) is 10.4 Å². The predicted molar refractivity (Wildman–Crippen MR) is 66.6 cm³/mol. The molecule has 1 aromatic rings. The summed E-state index contributed by atoms with van der Waals surface area (Å²) in [6.45, 7) is 1.90. The van der Waals surface area contributed by atoms with Gasteiger partial charge in [0.2, 0.25) is 0 Å². The van der Waals surface area contributed by atoms with E-state index in [0.717, 1.165) is 24.0 Å². The molecule has 0 bridgehead atoms. The van der Waals surface area contributed by atoms with Crippen LogP contribution in [0.2, 0.25) is 0 Å². The second-order valence-corrected chi connectivity index (χ2v) is 5.50. The van der Waals surface area contributed by atoms with E-state index in [9.17, 15) is 9.18 Å². The van der Waals surface area contributed by atoms with Crippen LogP contribution >= 0.6 is 15.9 Å². The number of hydrogen-bond acceptors (Lipinski definition) is 1. The third-order valence-corrected chi connectivity index (χ3v) is 4.16. The molecule has 17 heavy (non-hydrogen) atoms. The molecule has 0 amide bonds. The zero-order valence-electron chi connectivity index (χ0n) is 9.54. The fraction of sp³-hybridized carbons (Fsp3) is 0.462. The molecule has 1 N–H and O–H groups in total. The Balaban J connectivity index is 2.38. The van der Waals surface area contributed by atoms with Crippen molar-refractivity contribution in [2.24, 2.45) is 5.92 Å². The molecule has 4 heteroatoms. The summed E-state index contributed by atoms with van der Waals surface area (Å²) in [5.41, 5.74) is 1.78.